The van der Waals surface area contributed by atoms with Crippen molar-refractivity contribution in [1.29, 1.82) is 0 Å². The summed E-state index contributed by atoms with van der Waals surface area (Å²) in [4.78, 5) is 4.21. The van der Waals surface area contributed by atoms with E-state index in [-0.39, 0.29) is 24.1 Å². The van der Waals surface area contributed by atoms with E-state index < -0.39 is 6.36 Å². The highest BCUT2D eigenvalue weighted by atomic mass is 79.9. The molecule has 0 aliphatic rings. The maximum Gasteiger partial charge on any atom is 0.573 e. The molecule has 4 aromatic rings. The number of hydrogen-bond acceptors (Lipinski definition) is 7. The number of rotatable bonds is 6. The molecule has 0 N–H and O–H groups in total. The van der Waals surface area contributed by atoms with Gasteiger partial charge in [-0.25, -0.2) is 9.67 Å². The molecule has 0 unspecified atom stereocenters. The Bertz CT molecular complexity index is 1200. The summed E-state index contributed by atoms with van der Waals surface area (Å²) in [5.74, 6) is 0.602. The molecule has 0 radical (unpaired) electrons. The maximum absolute atomic E-state index is 12.2. The molecule has 3 heterocycles. The molecule has 3 aromatic heterocycles. The second-order valence-electron chi connectivity index (χ2n) is 5.88. The Labute approximate surface area is 185 Å². The SMILES string of the molecule is FC(F)(F)Oc1ccc(OCc2nnc(-c3cc(Br)nn3-c3ncccc3Cl)o2)cc1. The van der Waals surface area contributed by atoms with Gasteiger partial charge in [0.1, 0.15) is 21.8 Å². The largest absolute Gasteiger partial charge is 0.573 e. The zero-order valence-electron chi connectivity index (χ0n) is 15.2. The molecule has 31 heavy (non-hydrogen) atoms. The van der Waals surface area contributed by atoms with Crippen LogP contribution in [0, 0.1) is 0 Å². The van der Waals surface area contributed by atoms with Gasteiger partial charge in [-0.05, 0) is 52.3 Å². The molecule has 0 amide bonds. The molecular weight excluding hydrogens is 507 g/mol. The number of benzene rings is 1. The first-order chi connectivity index (χ1) is 14.8. The Morgan fingerprint density at radius 3 is 2.55 bits per heavy atom. The number of alkyl halides is 3. The zero-order chi connectivity index (χ0) is 22.0. The Morgan fingerprint density at radius 2 is 1.84 bits per heavy atom. The molecule has 4 rings (SSSR count). The minimum absolute atomic E-state index is 0.105. The van der Waals surface area contributed by atoms with E-state index in [1.54, 1.807) is 24.4 Å². The fourth-order valence-electron chi connectivity index (χ4n) is 2.50. The van der Waals surface area contributed by atoms with Gasteiger partial charge in [0.25, 0.3) is 11.8 Å². The molecule has 0 saturated heterocycles. The van der Waals surface area contributed by atoms with Crippen molar-refractivity contribution in [3.8, 4) is 28.9 Å². The third-order valence-electron chi connectivity index (χ3n) is 3.72. The monoisotopic (exact) mass is 515 g/mol. The first-order valence-electron chi connectivity index (χ1n) is 8.46. The van der Waals surface area contributed by atoms with Crippen LogP contribution in [0.4, 0.5) is 13.2 Å². The van der Waals surface area contributed by atoms with Crippen molar-refractivity contribution in [1.82, 2.24) is 25.0 Å². The van der Waals surface area contributed by atoms with Crippen LogP contribution in [0.5, 0.6) is 11.5 Å². The van der Waals surface area contributed by atoms with Crippen LogP contribution in [0.15, 0.2) is 57.7 Å². The Hall–Kier alpha value is -3.12. The van der Waals surface area contributed by atoms with Gasteiger partial charge < -0.3 is 13.9 Å². The highest BCUT2D eigenvalue weighted by Crippen LogP contribution is 2.28. The quantitative estimate of drug-likeness (QED) is 0.348. The lowest BCUT2D eigenvalue weighted by molar-refractivity contribution is -0.274. The summed E-state index contributed by atoms with van der Waals surface area (Å²) < 4.78 is 53.5. The predicted octanol–water partition coefficient (Wildman–Crippen LogP) is 5.21. The number of aromatic nitrogens is 5. The molecule has 1 aromatic carbocycles. The number of nitrogens with zero attached hydrogens (tertiary/aromatic N) is 5. The molecule has 160 valence electrons. The third-order valence-corrected chi connectivity index (χ3v) is 4.41. The summed E-state index contributed by atoms with van der Waals surface area (Å²) in [6.45, 7) is -0.105. The van der Waals surface area contributed by atoms with Gasteiger partial charge in [0.05, 0.1) is 5.02 Å². The van der Waals surface area contributed by atoms with Crippen molar-refractivity contribution in [3.63, 3.8) is 0 Å². The van der Waals surface area contributed by atoms with E-state index in [4.69, 9.17) is 20.8 Å². The molecule has 8 nitrogen and oxygen atoms in total. The number of ether oxygens (including phenoxy) is 2. The highest BCUT2D eigenvalue weighted by molar-refractivity contribution is 9.10. The molecule has 13 heteroatoms. The van der Waals surface area contributed by atoms with Crippen molar-refractivity contribution in [2.24, 2.45) is 0 Å². The molecule has 0 saturated carbocycles. The summed E-state index contributed by atoms with van der Waals surface area (Å²) >= 11 is 9.50. The van der Waals surface area contributed by atoms with Crippen LogP contribution < -0.4 is 9.47 Å². The fraction of sp³-hybridized carbons (Fsp3) is 0.111. The van der Waals surface area contributed by atoms with E-state index in [1.807, 2.05) is 0 Å². The molecule has 0 aliphatic heterocycles. The summed E-state index contributed by atoms with van der Waals surface area (Å²) in [7, 11) is 0. The van der Waals surface area contributed by atoms with Crippen LogP contribution in [-0.4, -0.2) is 31.3 Å². The first-order valence-corrected chi connectivity index (χ1v) is 9.63. The van der Waals surface area contributed by atoms with Gasteiger partial charge in [0.15, 0.2) is 12.4 Å². The average Bonchev–Trinajstić information content (AvgIpc) is 3.33. The lowest BCUT2D eigenvalue weighted by atomic mass is 10.3. The first kappa shape index (κ1) is 21.1. The number of pyridine rings is 1. The van der Waals surface area contributed by atoms with Crippen LogP contribution in [0.1, 0.15) is 5.89 Å². The molecule has 0 spiro atoms. The van der Waals surface area contributed by atoms with Gasteiger partial charge in [0, 0.05) is 12.3 Å². The van der Waals surface area contributed by atoms with Gasteiger partial charge in [-0.1, -0.05) is 11.6 Å². The Morgan fingerprint density at radius 1 is 1.10 bits per heavy atom. The summed E-state index contributed by atoms with van der Waals surface area (Å²) in [5, 5.41) is 12.6. The second-order valence-corrected chi connectivity index (χ2v) is 7.10. The van der Waals surface area contributed by atoms with Crippen LogP contribution in [-0.2, 0) is 6.61 Å². The van der Waals surface area contributed by atoms with E-state index in [0.717, 1.165) is 12.1 Å². The van der Waals surface area contributed by atoms with Gasteiger partial charge in [-0.15, -0.1) is 23.4 Å². The Kier molecular flexibility index (Phi) is 5.83. The highest BCUT2D eigenvalue weighted by Gasteiger charge is 2.31. The lowest BCUT2D eigenvalue weighted by Gasteiger charge is -2.09. The molecule has 0 fully saturated rings. The topological polar surface area (TPSA) is 88.1 Å². The van der Waals surface area contributed by atoms with Crippen LogP contribution in [0.25, 0.3) is 17.4 Å². The second kappa shape index (κ2) is 8.55. The fourth-order valence-corrected chi connectivity index (χ4v) is 3.07. The minimum atomic E-state index is -4.76. The van der Waals surface area contributed by atoms with E-state index >= 15 is 0 Å². The molecule has 0 bridgehead atoms. The van der Waals surface area contributed by atoms with Gasteiger partial charge in [0.2, 0.25) is 0 Å². The van der Waals surface area contributed by atoms with Crippen LogP contribution in [0.2, 0.25) is 5.02 Å². The van der Waals surface area contributed by atoms with Gasteiger partial charge >= 0.3 is 6.36 Å². The van der Waals surface area contributed by atoms with Crippen molar-refractivity contribution in [2.45, 2.75) is 13.0 Å². The summed E-state index contributed by atoms with van der Waals surface area (Å²) in [6.07, 6.45) is -3.19. The van der Waals surface area contributed by atoms with Gasteiger partial charge in [-0.2, -0.15) is 5.10 Å². The third kappa shape index (κ3) is 5.14. The van der Waals surface area contributed by atoms with Crippen LogP contribution >= 0.6 is 27.5 Å². The summed E-state index contributed by atoms with van der Waals surface area (Å²) in [5.41, 5.74) is 0.444. The van der Waals surface area contributed by atoms with Crippen molar-refractivity contribution >= 4 is 27.5 Å². The average molecular weight is 517 g/mol. The molecule has 0 aliphatic carbocycles. The number of hydrogen-bond donors (Lipinski definition) is 0. The lowest BCUT2D eigenvalue weighted by Crippen LogP contribution is -2.16. The van der Waals surface area contributed by atoms with Crippen molar-refractivity contribution in [3.05, 3.63) is 64.2 Å². The zero-order valence-corrected chi connectivity index (χ0v) is 17.5. The van der Waals surface area contributed by atoms with E-state index in [9.17, 15) is 13.2 Å². The van der Waals surface area contributed by atoms with E-state index in [0.29, 0.717) is 26.9 Å². The van der Waals surface area contributed by atoms with Crippen molar-refractivity contribution < 1.29 is 27.1 Å². The standard InChI is InChI=1S/C18H10BrClF3N5O3/c19-14-8-13(28(27-14)16-12(20)2-1-7-24-16)17-26-25-15(30-17)9-29-10-3-5-11(6-4-10)31-18(21,22)23/h1-8H,9H2. The predicted molar refractivity (Wildman–Crippen MR) is 105 cm³/mol. The molecular formula is C18H10BrClF3N5O3. The Balaban J connectivity index is 1.48. The molecule has 0 atom stereocenters. The van der Waals surface area contributed by atoms with Crippen molar-refractivity contribution in [2.75, 3.05) is 0 Å². The normalized spacial score (nSPS) is 11.5. The number of halogens is 5. The van der Waals surface area contributed by atoms with Gasteiger partial charge in [-0.3, -0.25) is 0 Å². The smallest absolute Gasteiger partial charge is 0.484 e. The van der Waals surface area contributed by atoms with Crippen LogP contribution in [0.3, 0.4) is 0 Å². The van der Waals surface area contributed by atoms with E-state index in [1.165, 1.54) is 16.8 Å². The maximum atomic E-state index is 12.2. The van der Waals surface area contributed by atoms with E-state index in [2.05, 4.69) is 40.9 Å². The summed E-state index contributed by atoms with van der Waals surface area (Å²) in [6, 6.07) is 9.93. The minimum Gasteiger partial charge on any atom is -0.484 e.